The molecule has 1 heterocycles. The fraction of sp³-hybridized carbons (Fsp3) is 0.381. The minimum absolute atomic E-state index is 0.00622. The summed E-state index contributed by atoms with van der Waals surface area (Å²) in [6, 6.07) is 10.6. The number of rotatable bonds is 2. The number of hydrogen-bond acceptors (Lipinski definition) is 2. The number of anilines is 1. The molecule has 25 heavy (non-hydrogen) atoms. The second-order valence-corrected chi connectivity index (χ2v) is 7.31. The molecule has 0 spiro atoms. The van der Waals surface area contributed by atoms with Crippen LogP contribution in [0.25, 0.3) is 0 Å². The van der Waals surface area contributed by atoms with Crippen molar-refractivity contribution in [2.24, 2.45) is 5.92 Å². The number of carboxylic acid groups (broad SMARTS) is 1. The van der Waals surface area contributed by atoms with E-state index in [9.17, 15) is 9.18 Å². The van der Waals surface area contributed by atoms with E-state index in [4.69, 9.17) is 5.11 Å². The number of carboxylic acids is 1. The number of halogens is 1. The number of carbonyl (C=O) groups is 1. The summed E-state index contributed by atoms with van der Waals surface area (Å²) in [6.07, 6.45) is 4.57. The zero-order valence-corrected chi connectivity index (χ0v) is 14.3. The summed E-state index contributed by atoms with van der Waals surface area (Å²) in [7, 11) is 0. The lowest BCUT2D eigenvalue weighted by Gasteiger charge is -2.44. The lowest BCUT2D eigenvalue weighted by atomic mass is 9.68. The van der Waals surface area contributed by atoms with Gasteiger partial charge < -0.3 is 10.4 Å². The number of fused-ring (bicyclic) bond motifs is 3. The van der Waals surface area contributed by atoms with Crippen molar-refractivity contribution in [3.8, 4) is 0 Å². The minimum atomic E-state index is -1.10. The SMILES string of the molecule is Cc1ccc2c(c1)[C@@H]1CCCC[C@@H]1[C@H](c1ccc(C(=O)O)cc1F)N2. The highest BCUT2D eigenvalue weighted by molar-refractivity contribution is 5.87. The average Bonchev–Trinajstić information content (AvgIpc) is 2.61. The molecule has 1 aliphatic heterocycles. The van der Waals surface area contributed by atoms with Crippen LogP contribution in [-0.4, -0.2) is 11.1 Å². The maximum atomic E-state index is 14.7. The summed E-state index contributed by atoms with van der Waals surface area (Å²) < 4.78 is 14.7. The van der Waals surface area contributed by atoms with Crippen LogP contribution in [0.4, 0.5) is 10.1 Å². The minimum Gasteiger partial charge on any atom is -0.478 e. The Morgan fingerprint density at radius 1 is 1.12 bits per heavy atom. The molecule has 2 aromatic carbocycles. The lowest BCUT2D eigenvalue weighted by molar-refractivity contribution is 0.0696. The van der Waals surface area contributed by atoms with Gasteiger partial charge in [-0.25, -0.2) is 9.18 Å². The van der Waals surface area contributed by atoms with Crippen LogP contribution in [0.3, 0.4) is 0 Å². The number of benzene rings is 2. The molecule has 0 amide bonds. The van der Waals surface area contributed by atoms with E-state index in [1.807, 2.05) is 0 Å². The highest BCUT2D eigenvalue weighted by Crippen LogP contribution is 2.51. The first-order chi connectivity index (χ1) is 12.0. The Hall–Kier alpha value is -2.36. The third kappa shape index (κ3) is 2.80. The molecule has 4 heteroatoms. The van der Waals surface area contributed by atoms with Crippen LogP contribution in [0.15, 0.2) is 36.4 Å². The summed E-state index contributed by atoms with van der Waals surface area (Å²) in [5.41, 5.74) is 4.26. The van der Waals surface area contributed by atoms with E-state index in [0.717, 1.165) is 31.0 Å². The van der Waals surface area contributed by atoms with Gasteiger partial charge in [0, 0.05) is 11.3 Å². The molecule has 130 valence electrons. The highest BCUT2D eigenvalue weighted by atomic mass is 19.1. The lowest BCUT2D eigenvalue weighted by Crippen LogP contribution is -2.34. The number of aryl methyl sites for hydroxylation is 1. The summed E-state index contributed by atoms with van der Waals surface area (Å²) in [4.78, 5) is 11.1. The Balaban J connectivity index is 1.77. The molecule has 4 rings (SSSR count). The van der Waals surface area contributed by atoms with Crippen LogP contribution in [0.1, 0.15) is 64.7 Å². The number of nitrogens with one attached hydrogen (secondary N) is 1. The van der Waals surface area contributed by atoms with Gasteiger partial charge in [0.25, 0.3) is 0 Å². The predicted octanol–water partition coefficient (Wildman–Crippen LogP) is 5.27. The Morgan fingerprint density at radius 2 is 1.92 bits per heavy atom. The maximum Gasteiger partial charge on any atom is 0.335 e. The summed E-state index contributed by atoms with van der Waals surface area (Å²) in [6.45, 7) is 2.11. The molecule has 2 N–H and O–H groups in total. The van der Waals surface area contributed by atoms with Gasteiger partial charge in [-0.05, 0) is 55.4 Å². The standard InChI is InChI=1S/C21H22FNO2/c1-12-6-9-19-17(10-12)14-4-2-3-5-15(14)20(23-19)16-8-7-13(21(24)25)11-18(16)22/h6-11,14-15,20,23H,2-5H2,1H3,(H,24,25)/t14-,15+,20-/m1/s1. The van der Waals surface area contributed by atoms with Gasteiger partial charge in [-0.15, -0.1) is 0 Å². The number of aromatic carboxylic acids is 1. The van der Waals surface area contributed by atoms with E-state index >= 15 is 0 Å². The first-order valence-electron chi connectivity index (χ1n) is 8.94. The third-order valence-electron chi connectivity index (χ3n) is 5.75. The van der Waals surface area contributed by atoms with Gasteiger partial charge in [0.05, 0.1) is 11.6 Å². The molecule has 1 aliphatic carbocycles. The van der Waals surface area contributed by atoms with Crippen molar-refractivity contribution in [1.82, 2.24) is 0 Å². The molecule has 3 nitrogen and oxygen atoms in total. The summed E-state index contributed by atoms with van der Waals surface area (Å²) in [5, 5.41) is 12.6. The fourth-order valence-electron chi connectivity index (χ4n) is 4.56. The van der Waals surface area contributed by atoms with Crippen molar-refractivity contribution in [3.63, 3.8) is 0 Å². The van der Waals surface area contributed by atoms with Crippen molar-refractivity contribution in [1.29, 1.82) is 0 Å². The Labute approximate surface area is 146 Å². The van der Waals surface area contributed by atoms with E-state index in [0.29, 0.717) is 17.4 Å². The zero-order chi connectivity index (χ0) is 17.6. The zero-order valence-electron chi connectivity index (χ0n) is 14.3. The smallest absolute Gasteiger partial charge is 0.335 e. The van der Waals surface area contributed by atoms with E-state index < -0.39 is 11.8 Å². The van der Waals surface area contributed by atoms with E-state index in [2.05, 4.69) is 30.4 Å². The number of hydrogen-bond donors (Lipinski definition) is 2. The quantitative estimate of drug-likeness (QED) is 0.783. The van der Waals surface area contributed by atoms with Gasteiger partial charge in [0.1, 0.15) is 5.82 Å². The normalized spacial score (nSPS) is 24.8. The first-order valence-corrected chi connectivity index (χ1v) is 8.94. The second-order valence-electron chi connectivity index (χ2n) is 7.31. The molecule has 3 atom stereocenters. The van der Waals surface area contributed by atoms with Crippen molar-refractivity contribution >= 4 is 11.7 Å². The topological polar surface area (TPSA) is 49.3 Å². The third-order valence-corrected chi connectivity index (χ3v) is 5.75. The van der Waals surface area contributed by atoms with E-state index in [1.54, 1.807) is 6.07 Å². The molecule has 0 unspecified atom stereocenters. The van der Waals surface area contributed by atoms with Crippen LogP contribution in [-0.2, 0) is 0 Å². The van der Waals surface area contributed by atoms with Gasteiger partial charge in [-0.3, -0.25) is 0 Å². The molecule has 2 aliphatic rings. The molecule has 0 bridgehead atoms. The maximum absolute atomic E-state index is 14.7. The van der Waals surface area contributed by atoms with Crippen molar-refractivity contribution < 1.29 is 14.3 Å². The molecular weight excluding hydrogens is 317 g/mol. The molecule has 1 saturated carbocycles. The predicted molar refractivity (Wildman–Crippen MR) is 95.6 cm³/mol. The largest absolute Gasteiger partial charge is 0.478 e. The van der Waals surface area contributed by atoms with Crippen LogP contribution in [0.2, 0.25) is 0 Å². The van der Waals surface area contributed by atoms with Crippen molar-refractivity contribution in [2.75, 3.05) is 5.32 Å². The Kier molecular flexibility index (Phi) is 3.98. The van der Waals surface area contributed by atoms with Gasteiger partial charge in [0.15, 0.2) is 0 Å². The summed E-state index contributed by atoms with van der Waals surface area (Å²) >= 11 is 0. The molecule has 1 fully saturated rings. The Morgan fingerprint density at radius 3 is 2.68 bits per heavy atom. The van der Waals surface area contributed by atoms with Gasteiger partial charge in [-0.1, -0.05) is 36.6 Å². The molecule has 0 aromatic heterocycles. The highest BCUT2D eigenvalue weighted by Gasteiger charge is 2.39. The van der Waals surface area contributed by atoms with Crippen LogP contribution >= 0.6 is 0 Å². The molecule has 2 aromatic rings. The van der Waals surface area contributed by atoms with Crippen LogP contribution < -0.4 is 5.32 Å². The monoisotopic (exact) mass is 339 g/mol. The Bertz CT molecular complexity index is 833. The van der Waals surface area contributed by atoms with Crippen LogP contribution in [0.5, 0.6) is 0 Å². The molecule has 0 radical (unpaired) electrons. The van der Waals surface area contributed by atoms with Gasteiger partial charge in [-0.2, -0.15) is 0 Å². The summed E-state index contributed by atoms with van der Waals surface area (Å²) in [5.74, 6) is -0.752. The van der Waals surface area contributed by atoms with Crippen molar-refractivity contribution in [3.05, 3.63) is 64.5 Å². The average molecular weight is 339 g/mol. The van der Waals surface area contributed by atoms with Crippen molar-refractivity contribution in [2.45, 2.75) is 44.6 Å². The van der Waals surface area contributed by atoms with Gasteiger partial charge >= 0.3 is 5.97 Å². The van der Waals surface area contributed by atoms with E-state index in [1.165, 1.54) is 23.6 Å². The molecular formula is C21H22FNO2. The molecule has 0 saturated heterocycles. The first kappa shape index (κ1) is 16.1. The fourth-order valence-corrected chi connectivity index (χ4v) is 4.56. The second kappa shape index (κ2) is 6.17. The van der Waals surface area contributed by atoms with Crippen LogP contribution in [0, 0.1) is 18.7 Å². The van der Waals surface area contributed by atoms with E-state index in [-0.39, 0.29) is 11.6 Å². The van der Waals surface area contributed by atoms with Gasteiger partial charge in [0.2, 0.25) is 0 Å².